The molecule has 0 aliphatic heterocycles. The molecule has 19 heavy (non-hydrogen) atoms. The zero-order chi connectivity index (χ0) is 13.8. The highest BCUT2D eigenvalue weighted by Gasteiger charge is 2.08. The minimum absolute atomic E-state index is 0.714. The van der Waals surface area contributed by atoms with Crippen LogP contribution in [0.3, 0.4) is 0 Å². The predicted molar refractivity (Wildman–Crippen MR) is 74.6 cm³/mol. The molecule has 0 saturated carbocycles. The first-order valence-electron chi connectivity index (χ1n) is 6.14. The first-order valence-corrected chi connectivity index (χ1v) is 6.14. The fourth-order valence-corrected chi connectivity index (χ4v) is 2.20. The Bertz CT molecular complexity index is 639. The van der Waals surface area contributed by atoms with Crippen LogP contribution in [0.1, 0.15) is 33.4 Å². The van der Waals surface area contributed by atoms with Gasteiger partial charge in [-0.3, -0.25) is 0 Å². The Labute approximate surface area is 113 Å². The van der Waals surface area contributed by atoms with Gasteiger partial charge in [-0.15, -0.1) is 0 Å². The molecule has 2 rings (SSSR count). The topological polar surface area (TPSA) is 47.6 Å². The van der Waals surface area contributed by atoms with Gasteiger partial charge in [0.25, 0.3) is 0 Å². The molecule has 2 nitrogen and oxygen atoms in total. The van der Waals surface area contributed by atoms with E-state index < -0.39 is 0 Å². The van der Waals surface area contributed by atoms with Gasteiger partial charge >= 0.3 is 0 Å². The molecule has 0 radical (unpaired) electrons. The minimum atomic E-state index is 0.714. The highest BCUT2D eigenvalue weighted by atomic mass is 14.3. The van der Waals surface area contributed by atoms with Crippen molar-refractivity contribution in [2.75, 3.05) is 0 Å². The van der Waals surface area contributed by atoms with Crippen molar-refractivity contribution in [1.29, 1.82) is 10.5 Å². The molecule has 0 saturated heterocycles. The number of rotatable bonds is 2. The van der Waals surface area contributed by atoms with Crippen LogP contribution in [0.5, 0.6) is 0 Å². The normalized spacial score (nSPS) is 9.68. The maximum atomic E-state index is 9.05. The summed E-state index contributed by atoms with van der Waals surface area (Å²) in [5.41, 5.74) is 5.74. The molecule has 0 aliphatic rings. The van der Waals surface area contributed by atoms with E-state index in [0.717, 1.165) is 28.7 Å². The number of hydrogen-bond donors (Lipinski definition) is 0. The average Bonchev–Trinajstić information content (AvgIpc) is 2.43. The molecule has 2 aromatic rings. The molecule has 0 heterocycles. The van der Waals surface area contributed by atoms with Gasteiger partial charge in [-0.1, -0.05) is 24.3 Å². The second kappa shape index (κ2) is 5.38. The predicted octanol–water partition coefficient (Wildman–Crippen LogP) is 3.64. The van der Waals surface area contributed by atoms with Crippen LogP contribution in [-0.2, 0) is 6.42 Å². The molecule has 0 amide bonds. The third-order valence-corrected chi connectivity index (χ3v) is 3.51. The van der Waals surface area contributed by atoms with E-state index in [4.69, 9.17) is 10.5 Å². The van der Waals surface area contributed by atoms with Crippen LogP contribution in [-0.4, -0.2) is 0 Å². The molecule has 92 valence electrons. The number of nitriles is 2. The van der Waals surface area contributed by atoms with Crippen molar-refractivity contribution in [2.24, 2.45) is 0 Å². The van der Waals surface area contributed by atoms with E-state index in [1.807, 2.05) is 50.2 Å². The summed E-state index contributed by atoms with van der Waals surface area (Å²) in [6, 6.07) is 16.0. The van der Waals surface area contributed by atoms with E-state index in [-0.39, 0.29) is 0 Å². The van der Waals surface area contributed by atoms with Gasteiger partial charge in [0.05, 0.1) is 23.3 Å². The lowest BCUT2D eigenvalue weighted by Crippen LogP contribution is -1.98. The fourth-order valence-electron chi connectivity index (χ4n) is 2.20. The lowest BCUT2D eigenvalue weighted by molar-refractivity contribution is 1.12. The molecule has 0 atom stereocenters. The molecule has 2 aromatic carbocycles. The maximum absolute atomic E-state index is 9.05. The largest absolute Gasteiger partial charge is 0.192 e. The van der Waals surface area contributed by atoms with Crippen LogP contribution in [0, 0.1) is 36.5 Å². The maximum Gasteiger partial charge on any atom is 0.0994 e. The molecule has 0 unspecified atom stereocenters. The van der Waals surface area contributed by atoms with Gasteiger partial charge in [0, 0.05) is 0 Å². The highest BCUT2D eigenvalue weighted by molar-refractivity contribution is 5.47. The Hall–Kier alpha value is -2.58. The smallest absolute Gasteiger partial charge is 0.0994 e. The van der Waals surface area contributed by atoms with Crippen molar-refractivity contribution >= 4 is 0 Å². The Morgan fingerprint density at radius 1 is 0.789 bits per heavy atom. The Morgan fingerprint density at radius 3 is 1.58 bits per heavy atom. The number of benzene rings is 2. The summed E-state index contributed by atoms with van der Waals surface area (Å²) < 4.78 is 0. The van der Waals surface area contributed by atoms with Gasteiger partial charge < -0.3 is 0 Å². The van der Waals surface area contributed by atoms with Crippen LogP contribution >= 0.6 is 0 Å². The Balaban J connectivity index is 2.44. The van der Waals surface area contributed by atoms with E-state index in [1.165, 1.54) is 0 Å². The van der Waals surface area contributed by atoms with Gasteiger partial charge in [-0.25, -0.2) is 0 Å². The highest BCUT2D eigenvalue weighted by Crippen LogP contribution is 2.20. The number of hydrogen-bond acceptors (Lipinski definition) is 2. The van der Waals surface area contributed by atoms with Gasteiger partial charge in [0.15, 0.2) is 0 Å². The summed E-state index contributed by atoms with van der Waals surface area (Å²) in [7, 11) is 0. The summed E-state index contributed by atoms with van der Waals surface area (Å²) in [5.74, 6) is 0. The lowest BCUT2D eigenvalue weighted by atomic mass is 9.93. The molecule has 2 heteroatoms. The van der Waals surface area contributed by atoms with Crippen LogP contribution in [0.4, 0.5) is 0 Å². The third-order valence-electron chi connectivity index (χ3n) is 3.51. The van der Waals surface area contributed by atoms with Crippen molar-refractivity contribution in [3.63, 3.8) is 0 Å². The Morgan fingerprint density at radius 2 is 1.21 bits per heavy atom. The standard InChI is InChI=1S/C17H14N2/c1-12-14(5-3-7-16(12)10-18)9-15-6-4-8-17(11-19)13(15)2/h3-8H,9H2,1-2H3. The monoisotopic (exact) mass is 246 g/mol. The van der Waals surface area contributed by atoms with E-state index in [2.05, 4.69) is 12.1 Å². The first-order chi connectivity index (χ1) is 9.17. The SMILES string of the molecule is Cc1c(C#N)cccc1Cc1cccc(C#N)c1C. The van der Waals surface area contributed by atoms with Gasteiger partial charge in [0.1, 0.15) is 0 Å². The first kappa shape index (κ1) is 12.9. The quantitative estimate of drug-likeness (QED) is 0.812. The summed E-state index contributed by atoms with van der Waals surface area (Å²) in [4.78, 5) is 0. The van der Waals surface area contributed by atoms with Crippen LogP contribution in [0.2, 0.25) is 0 Å². The zero-order valence-corrected chi connectivity index (χ0v) is 11.1. The van der Waals surface area contributed by atoms with Crippen molar-refractivity contribution in [3.05, 3.63) is 69.8 Å². The summed E-state index contributed by atoms with van der Waals surface area (Å²) >= 11 is 0. The fraction of sp³-hybridized carbons (Fsp3) is 0.176. The lowest BCUT2D eigenvalue weighted by Gasteiger charge is -2.10. The minimum Gasteiger partial charge on any atom is -0.192 e. The van der Waals surface area contributed by atoms with E-state index in [1.54, 1.807) is 0 Å². The van der Waals surface area contributed by atoms with Crippen molar-refractivity contribution < 1.29 is 0 Å². The van der Waals surface area contributed by atoms with Gasteiger partial charge in [0.2, 0.25) is 0 Å². The van der Waals surface area contributed by atoms with E-state index in [9.17, 15) is 0 Å². The molecule has 0 spiro atoms. The van der Waals surface area contributed by atoms with Crippen molar-refractivity contribution in [2.45, 2.75) is 20.3 Å². The Kier molecular flexibility index (Phi) is 3.64. The van der Waals surface area contributed by atoms with E-state index >= 15 is 0 Å². The molecule has 0 aromatic heterocycles. The van der Waals surface area contributed by atoms with Gasteiger partial charge in [-0.2, -0.15) is 10.5 Å². The summed E-state index contributed by atoms with van der Waals surface area (Å²) in [6.45, 7) is 3.94. The molecule has 0 fully saturated rings. The third kappa shape index (κ3) is 2.49. The van der Waals surface area contributed by atoms with Gasteiger partial charge in [-0.05, 0) is 54.7 Å². The second-order valence-corrected chi connectivity index (χ2v) is 4.58. The van der Waals surface area contributed by atoms with Crippen molar-refractivity contribution in [1.82, 2.24) is 0 Å². The second-order valence-electron chi connectivity index (χ2n) is 4.58. The van der Waals surface area contributed by atoms with Crippen LogP contribution in [0.15, 0.2) is 36.4 Å². The molecular formula is C17H14N2. The average molecular weight is 246 g/mol. The summed E-state index contributed by atoms with van der Waals surface area (Å²) in [6.07, 6.45) is 0.753. The molecule has 0 aliphatic carbocycles. The molecular weight excluding hydrogens is 232 g/mol. The van der Waals surface area contributed by atoms with Crippen LogP contribution in [0.25, 0.3) is 0 Å². The zero-order valence-electron chi connectivity index (χ0n) is 11.1. The summed E-state index contributed by atoms with van der Waals surface area (Å²) in [5, 5.41) is 18.1. The van der Waals surface area contributed by atoms with Crippen molar-refractivity contribution in [3.8, 4) is 12.1 Å². The molecule has 0 N–H and O–H groups in total. The molecule has 0 bridgehead atoms. The van der Waals surface area contributed by atoms with Crippen LogP contribution < -0.4 is 0 Å². The number of nitrogens with zero attached hydrogens (tertiary/aromatic N) is 2. The van der Waals surface area contributed by atoms with E-state index in [0.29, 0.717) is 11.1 Å².